The van der Waals surface area contributed by atoms with Crippen LogP contribution in [-0.2, 0) is 0 Å². The first-order valence-corrected chi connectivity index (χ1v) is 12.4. The van der Waals surface area contributed by atoms with Crippen LogP contribution in [0.1, 0.15) is 0 Å². The SMILES string of the molecule is O=[N+]([O-])c1ccc(Oc2ccc3ccccc3c2-c2c(Oc3ccc([N+](=O)[O-])cc3)ccc3ccccc23)cc1. The van der Waals surface area contributed by atoms with Crippen LogP contribution in [0.3, 0.4) is 0 Å². The van der Waals surface area contributed by atoms with E-state index >= 15 is 0 Å². The Morgan fingerprint density at radius 1 is 0.450 bits per heavy atom. The lowest BCUT2D eigenvalue weighted by molar-refractivity contribution is -0.385. The monoisotopic (exact) mass is 528 g/mol. The number of hydrogen-bond acceptors (Lipinski definition) is 6. The van der Waals surface area contributed by atoms with Gasteiger partial charge < -0.3 is 9.47 Å². The molecule has 0 aliphatic carbocycles. The lowest BCUT2D eigenvalue weighted by Gasteiger charge is -2.19. The fraction of sp³-hybridized carbons (Fsp3) is 0. The fourth-order valence-electron chi connectivity index (χ4n) is 4.71. The Morgan fingerprint density at radius 2 is 0.825 bits per heavy atom. The quantitative estimate of drug-likeness (QED) is 0.151. The summed E-state index contributed by atoms with van der Waals surface area (Å²) in [5.41, 5.74) is 1.51. The predicted molar refractivity (Wildman–Crippen MR) is 153 cm³/mol. The van der Waals surface area contributed by atoms with E-state index in [2.05, 4.69) is 0 Å². The highest BCUT2D eigenvalue weighted by Crippen LogP contribution is 2.47. The molecule has 40 heavy (non-hydrogen) atoms. The molecule has 6 aromatic carbocycles. The van der Waals surface area contributed by atoms with Gasteiger partial charge in [0.1, 0.15) is 23.0 Å². The molecule has 0 saturated carbocycles. The van der Waals surface area contributed by atoms with Crippen LogP contribution in [0.15, 0.2) is 121 Å². The van der Waals surface area contributed by atoms with Gasteiger partial charge in [0.25, 0.3) is 11.4 Å². The van der Waals surface area contributed by atoms with Gasteiger partial charge in [-0.15, -0.1) is 0 Å². The molecule has 0 aliphatic rings. The molecule has 0 N–H and O–H groups in total. The third kappa shape index (κ3) is 4.65. The van der Waals surface area contributed by atoms with E-state index in [0.29, 0.717) is 23.0 Å². The minimum Gasteiger partial charge on any atom is -0.457 e. The number of non-ortho nitro benzene ring substituents is 2. The summed E-state index contributed by atoms with van der Waals surface area (Å²) in [7, 11) is 0. The summed E-state index contributed by atoms with van der Waals surface area (Å²) >= 11 is 0. The zero-order chi connectivity index (χ0) is 27.6. The van der Waals surface area contributed by atoms with Crippen LogP contribution in [0.4, 0.5) is 11.4 Å². The second-order valence-corrected chi connectivity index (χ2v) is 9.03. The summed E-state index contributed by atoms with van der Waals surface area (Å²) in [6.45, 7) is 0. The van der Waals surface area contributed by atoms with Crippen molar-refractivity contribution in [1.82, 2.24) is 0 Å². The van der Waals surface area contributed by atoms with Crippen LogP contribution < -0.4 is 9.47 Å². The molecule has 8 nitrogen and oxygen atoms in total. The third-order valence-corrected chi connectivity index (χ3v) is 6.58. The second-order valence-electron chi connectivity index (χ2n) is 9.03. The summed E-state index contributed by atoms with van der Waals surface area (Å²) < 4.78 is 12.7. The van der Waals surface area contributed by atoms with Crippen LogP contribution in [0.5, 0.6) is 23.0 Å². The maximum absolute atomic E-state index is 11.1. The van der Waals surface area contributed by atoms with Crippen molar-refractivity contribution in [3.8, 4) is 34.1 Å². The van der Waals surface area contributed by atoms with Crippen molar-refractivity contribution >= 4 is 32.9 Å². The third-order valence-electron chi connectivity index (χ3n) is 6.58. The molecule has 194 valence electrons. The molecular formula is C32H20N2O6. The number of nitro groups is 2. The standard InChI is InChI=1S/C32H20N2O6/c35-33(36)23-11-15-25(16-12-23)39-29-19-9-21-5-1-3-7-27(21)31(29)32-28-8-4-2-6-22(28)10-20-30(32)40-26-17-13-24(14-18-26)34(37)38/h1-20H. The van der Waals surface area contributed by atoms with E-state index in [1.165, 1.54) is 24.3 Å². The zero-order valence-electron chi connectivity index (χ0n) is 20.9. The number of ether oxygens (including phenoxy) is 2. The van der Waals surface area contributed by atoms with Crippen molar-refractivity contribution < 1.29 is 19.3 Å². The second kappa shape index (κ2) is 10.2. The van der Waals surface area contributed by atoms with Crippen molar-refractivity contribution in [2.24, 2.45) is 0 Å². The molecule has 6 rings (SSSR count). The van der Waals surface area contributed by atoms with Gasteiger partial charge in [0.2, 0.25) is 0 Å². The Labute approximate surface area is 227 Å². The Morgan fingerprint density at radius 3 is 1.20 bits per heavy atom. The molecule has 0 aliphatic heterocycles. The van der Waals surface area contributed by atoms with Gasteiger partial charge in [0, 0.05) is 35.4 Å². The highest BCUT2D eigenvalue weighted by molar-refractivity contribution is 6.09. The fourth-order valence-corrected chi connectivity index (χ4v) is 4.71. The first kappa shape index (κ1) is 24.6. The van der Waals surface area contributed by atoms with E-state index in [-0.39, 0.29) is 11.4 Å². The molecule has 0 unspecified atom stereocenters. The first-order valence-electron chi connectivity index (χ1n) is 12.4. The molecule has 0 bridgehead atoms. The zero-order valence-corrected chi connectivity index (χ0v) is 20.9. The Bertz CT molecular complexity index is 1760. The Kier molecular flexibility index (Phi) is 6.26. The highest BCUT2D eigenvalue weighted by atomic mass is 16.6. The van der Waals surface area contributed by atoms with Gasteiger partial charge in [0.05, 0.1) is 9.85 Å². The summed E-state index contributed by atoms with van der Waals surface area (Å²) in [5, 5.41) is 26.1. The van der Waals surface area contributed by atoms with Gasteiger partial charge in [-0.3, -0.25) is 20.2 Å². The van der Waals surface area contributed by atoms with E-state index in [1.54, 1.807) is 24.3 Å². The van der Waals surface area contributed by atoms with E-state index in [4.69, 9.17) is 9.47 Å². The number of nitrogens with zero attached hydrogens (tertiary/aromatic N) is 2. The summed E-state index contributed by atoms with van der Waals surface area (Å²) in [4.78, 5) is 21.4. The predicted octanol–water partition coefficient (Wildman–Crippen LogP) is 9.06. The lowest BCUT2D eigenvalue weighted by atomic mass is 9.92. The highest BCUT2D eigenvalue weighted by Gasteiger charge is 2.20. The maximum Gasteiger partial charge on any atom is 0.269 e. The maximum atomic E-state index is 11.1. The minimum atomic E-state index is -0.455. The molecule has 0 saturated heterocycles. The van der Waals surface area contributed by atoms with Gasteiger partial charge in [-0.1, -0.05) is 60.7 Å². The largest absolute Gasteiger partial charge is 0.457 e. The van der Waals surface area contributed by atoms with Crippen molar-refractivity contribution in [2.75, 3.05) is 0 Å². The molecule has 0 fully saturated rings. The first-order chi connectivity index (χ1) is 19.5. The van der Waals surface area contributed by atoms with Crippen LogP contribution in [-0.4, -0.2) is 9.85 Å². The number of nitro benzene ring substituents is 2. The van der Waals surface area contributed by atoms with Crippen LogP contribution >= 0.6 is 0 Å². The van der Waals surface area contributed by atoms with E-state index in [0.717, 1.165) is 32.7 Å². The van der Waals surface area contributed by atoms with Gasteiger partial charge in [-0.25, -0.2) is 0 Å². The average molecular weight is 529 g/mol. The van der Waals surface area contributed by atoms with Crippen molar-refractivity contribution in [2.45, 2.75) is 0 Å². The Balaban J connectivity index is 1.56. The average Bonchev–Trinajstić information content (AvgIpc) is 2.98. The molecule has 0 atom stereocenters. The number of rotatable bonds is 7. The van der Waals surface area contributed by atoms with E-state index in [1.807, 2.05) is 72.8 Å². The molecule has 0 spiro atoms. The number of hydrogen-bond donors (Lipinski definition) is 0. The smallest absolute Gasteiger partial charge is 0.269 e. The van der Waals surface area contributed by atoms with Crippen molar-refractivity contribution in [1.29, 1.82) is 0 Å². The molecular weight excluding hydrogens is 508 g/mol. The van der Waals surface area contributed by atoms with Gasteiger partial charge in [-0.2, -0.15) is 0 Å². The van der Waals surface area contributed by atoms with E-state index in [9.17, 15) is 20.2 Å². The molecule has 0 amide bonds. The number of benzene rings is 6. The van der Waals surface area contributed by atoms with Crippen molar-refractivity contribution in [3.05, 3.63) is 142 Å². The normalized spacial score (nSPS) is 10.9. The van der Waals surface area contributed by atoms with Crippen LogP contribution in [0, 0.1) is 20.2 Å². The van der Waals surface area contributed by atoms with E-state index < -0.39 is 9.85 Å². The summed E-state index contributed by atoms with van der Waals surface area (Å²) in [6, 6.07) is 35.4. The number of fused-ring (bicyclic) bond motifs is 2. The molecule has 6 aromatic rings. The lowest BCUT2D eigenvalue weighted by Crippen LogP contribution is -1.95. The van der Waals surface area contributed by atoms with Crippen LogP contribution in [0.25, 0.3) is 32.7 Å². The summed E-state index contributed by atoms with van der Waals surface area (Å²) in [6.07, 6.45) is 0. The summed E-state index contributed by atoms with van der Waals surface area (Å²) in [5.74, 6) is 1.97. The van der Waals surface area contributed by atoms with Gasteiger partial charge in [-0.05, 0) is 57.9 Å². The molecule has 0 aromatic heterocycles. The van der Waals surface area contributed by atoms with Gasteiger partial charge >= 0.3 is 0 Å². The molecule has 0 heterocycles. The molecule has 8 heteroatoms. The molecule has 0 radical (unpaired) electrons. The van der Waals surface area contributed by atoms with Crippen LogP contribution in [0.2, 0.25) is 0 Å². The Hall–Kier alpha value is -5.76. The van der Waals surface area contributed by atoms with Crippen molar-refractivity contribution in [3.63, 3.8) is 0 Å². The minimum absolute atomic E-state index is 0.0288. The topological polar surface area (TPSA) is 105 Å². The van der Waals surface area contributed by atoms with Gasteiger partial charge in [0.15, 0.2) is 0 Å².